The van der Waals surface area contributed by atoms with Crippen molar-refractivity contribution in [1.82, 2.24) is 4.98 Å². The van der Waals surface area contributed by atoms with Gasteiger partial charge in [-0.25, -0.2) is 4.98 Å². The molecule has 1 aromatic heterocycles. The van der Waals surface area contributed by atoms with Crippen LogP contribution in [-0.2, 0) is 0 Å². The molecule has 0 radical (unpaired) electrons. The van der Waals surface area contributed by atoms with Gasteiger partial charge in [0.05, 0.1) is 11.6 Å². The molecule has 1 aliphatic heterocycles. The number of benzene rings is 1. The number of rotatable bonds is 2. The summed E-state index contributed by atoms with van der Waals surface area (Å²) in [5.74, 6) is 1.03. The van der Waals surface area contributed by atoms with E-state index in [9.17, 15) is 0 Å². The van der Waals surface area contributed by atoms with Crippen LogP contribution in [0.25, 0.3) is 0 Å². The Hall–Kier alpha value is -2.06. The summed E-state index contributed by atoms with van der Waals surface area (Å²) in [5.41, 5.74) is 1.79. The molecule has 1 aromatic carbocycles. The largest absolute Gasteiger partial charge is 0.368 e. The van der Waals surface area contributed by atoms with Crippen LogP contribution in [0.1, 0.15) is 5.56 Å². The van der Waals surface area contributed by atoms with E-state index in [1.807, 2.05) is 36.5 Å². The fourth-order valence-electron chi connectivity index (χ4n) is 2.56. The Morgan fingerprint density at radius 1 is 1.05 bits per heavy atom. The van der Waals surface area contributed by atoms with Gasteiger partial charge in [-0.05, 0) is 30.3 Å². The number of hydrogen-bond donors (Lipinski definition) is 0. The van der Waals surface area contributed by atoms with Crippen molar-refractivity contribution in [3.8, 4) is 6.07 Å². The van der Waals surface area contributed by atoms with E-state index in [0.717, 1.165) is 42.2 Å². The summed E-state index contributed by atoms with van der Waals surface area (Å²) in [6.45, 7) is 3.73. The summed E-state index contributed by atoms with van der Waals surface area (Å²) in [4.78, 5) is 9.00. The number of anilines is 2. The van der Waals surface area contributed by atoms with Gasteiger partial charge in [-0.3, -0.25) is 0 Å². The number of nitriles is 1. The normalized spacial score (nSPS) is 14.9. The lowest BCUT2D eigenvalue weighted by Crippen LogP contribution is -2.46. The van der Waals surface area contributed by atoms with Crippen LogP contribution in [0.15, 0.2) is 47.1 Å². The van der Waals surface area contributed by atoms with E-state index in [1.54, 1.807) is 0 Å². The summed E-state index contributed by atoms with van der Waals surface area (Å²) in [7, 11) is 0. The second-order valence-corrected chi connectivity index (χ2v) is 5.89. The van der Waals surface area contributed by atoms with Crippen LogP contribution in [0.4, 0.5) is 11.5 Å². The summed E-state index contributed by atoms with van der Waals surface area (Å²) in [5, 5.41) is 9.07. The SMILES string of the molecule is N#Cc1cc(Br)cc(N2CCN(c3ccccn3)CC2)c1. The van der Waals surface area contributed by atoms with Crippen molar-refractivity contribution in [3.63, 3.8) is 0 Å². The molecule has 0 aliphatic carbocycles. The van der Waals surface area contributed by atoms with Gasteiger partial charge >= 0.3 is 0 Å². The van der Waals surface area contributed by atoms with Crippen molar-refractivity contribution in [2.75, 3.05) is 36.0 Å². The minimum absolute atomic E-state index is 0.687. The van der Waals surface area contributed by atoms with Gasteiger partial charge in [0.1, 0.15) is 5.82 Å². The van der Waals surface area contributed by atoms with E-state index < -0.39 is 0 Å². The third-order valence-corrected chi connectivity index (χ3v) is 4.09. The molecule has 106 valence electrons. The van der Waals surface area contributed by atoms with Gasteiger partial charge in [0, 0.05) is 42.5 Å². The molecule has 0 bridgehead atoms. The molecule has 0 saturated carbocycles. The van der Waals surface area contributed by atoms with Crippen molar-refractivity contribution in [2.45, 2.75) is 0 Å². The summed E-state index contributed by atoms with van der Waals surface area (Å²) < 4.78 is 0.948. The molecule has 1 saturated heterocycles. The Morgan fingerprint density at radius 2 is 1.81 bits per heavy atom. The molecule has 2 aromatic rings. The maximum atomic E-state index is 9.07. The number of pyridine rings is 1. The summed E-state index contributed by atoms with van der Waals surface area (Å²) in [6.07, 6.45) is 1.83. The fourth-order valence-corrected chi connectivity index (χ4v) is 3.04. The highest BCUT2D eigenvalue weighted by Gasteiger charge is 2.18. The van der Waals surface area contributed by atoms with Crippen LogP contribution in [-0.4, -0.2) is 31.2 Å². The minimum atomic E-state index is 0.687. The Bertz CT molecular complexity index is 658. The minimum Gasteiger partial charge on any atom is -0.368 e. The Balaban J connectivity index is 1.71. The Morgan fingerprint density at radius 3 is 2.48 bits per heavy atom. The number of hydrogen-bond acceptors (Lipinski definition) is 4. The van der Waals surface area contributed by atoms with Gasteiger partial charge in [0.15, 0.2) is 0 Å². The molecule has 5 heteroatoms. The van der Waals surface area contributed by atoms with E-state index in [-0.39, 0.29) is 0 Å². The quantitative estimate of drug-likeness (QED) is 0.841. The van der Waals surface area contributed by atoms with Crippen LogP contribution in [0, 0.1) is 11.3 Å². The molecule has 1 fully saturated rings. The highest BCUT2D eigenvalue weighted by molar-refractivity contribution is 9.10. The zero-order valence-electron chi connectivity index (χ0n) is 11.5. The molecule has 4 nitrogen and oxygen atoms in total. The van der Waals surface area contributed by atoms with Gasteiger partial charge in [-0.1, -0.05) is 22.0 Å². The average Bonchev–Trinajstić information content (AvgIpc) is 2.55. The molecular formula is C16H15BrN4. The fraction of sp³-hybridized carbons (Fsp3) is 0.250. The van der Waals surface area contributed by atoms with Crippen LogP contribution >= 0.6 is 15.9 Å². The molecular weight excluding hydrogens is 328 g/mol. The first-order chi connectivity index (χ1) is 10.3. The summed E-state index contributed by atoms with van der Waals surface area (Å²) >= 11 is 3.47. The molecule has 0 atom stereocenters. The third kappa shape index (κ3) is 3.17. The molecule has 21 heavy (non-hydrogen) atoms. The average molecular weight is 343 g/mol. The molecule has 2 heterocycles. The number of nitrogens with zero attached hydrogens (tertiary/aromatic N) is 4. The van der Waals surface area contributed by atoms with Crippen LogP contribution in [0.2, 0.25) is 0 Å². The lowest BCUT2D eigenvalue weighted by molar-refractivity contribution is 0.647. The first kappa shape index (κ1) is 13.9. The highest BCUT2D eigenvalue weighted by atomic mass is 79.9. The highest BCUT2D eigenvalue weighted by Crippen LogP contribution is 2.24. The van der Waals surface area contributed by atoms with Crippen molar-refractivity contribution in [3.05, 3.63) is 52.6 Å². The lowest BCUT2D eigenvalue weighted by atomic mass is 10.2. The van der Waals surface area contributed by atoms with Crippen molar-refractivity contribution in [1.29, 1.82) is 5.26 Å². The van der Waals surface area contributed by atoms with Gasteiger partial charge < -0.3 is 9.80 Å². The van der Waals surface area contributed by atoms with Gasteiger partial charge in [0.2, 0.25) is 0 Å². The molecule has 1 aliphatic rings. The van der Waals surface area contributed by atoms with Gasteiger partial charge in [-0.2, -0.15) is 5.26 Å². The zero-order chi connectivity index (χ0) is 14.7. The molecule has 0 unspecified atom stereocenters. The predicted octanol–water partition coefficient (Wildman–Crippen LogP) is 3.04. The van der Waals surface area contributed by atoms with Crippen molar-refractivity contribution >= 4 is 27.4 Å². The Labute approximate surface area is 132 Å². The van der Waals surface area contributed by atoms with Gasteiger partial charge in [0.25, 0.3) is 0 Å². The van der Waals surface area contributed by atoms with Crippen molar-refractivity contribution in [2.24, 2.45) is 0 Å². The molecule has 3 rings (SSSR count). The molecule has 0 spiro atoms. The standard InChI is InChI=1S/C16H15BrN4/c17-14-9-13(12-18)10-15(11-14)20-5-7-21(8-6-20)16-3-1-2-4-19-16/h1-4,9-11H,5-8H2. The molecule has 0 amide bonds. The predicted molar refractivity (Wildman–Crippen MR) is 87.5 cm³/mol. The third-order valence-electron chi connectivity index (χ3n) is 3.63. The smallest absolute Gasteiger partial charge is 0.128 e. The van der Waals surface area contributed by atoms with E-state index in [0.29, 0.717) is 5.56 Å². The van der Waals surface area contributed by atoms with Gasteiger partial charge in [-0.15, -0.1) is 0 Å². The molecule has 0 N–H and O–H groups in total. The lowest BCUT2D eigenvalue weighted by Gasteiger charge is -2.36. The topological polar surface area (TPSA) is 43.2 Å². The van der Waals surface area contributed by atoms with E-state index in [2.05, 4.69) is 42.8 Å². The monoisotopic (exact) mass is 342 g/mol. The maximum absolute atomic E-state index is 9.07. The van der Waals surface area contributed by atoms with E-state index >= 15 is 0 Å². The first-order valence-electron chi connectivity index (χ1n) is 6.88. The second-order valence-electron chi connectivity index (χ2n) is 4.97. The van der Waals surface area contributed by atoms with Crippen LogP contribution < -0.4 is 9.80 Å². The maximum Gasteiger partial charge on any atom is 0.128 e. The number of halogens is 1. The zero-order valence-corrected chi connectivity index (χ0v) is 13.1. The number of piperazine rings is 1. The Kier molecular flexibility index (Phi) is 4.07. The number of aromatic nitrogens is 1. The first-order valence-corrected chi connectivity index (χ1v) is 7.67. The van der Waals surface area contributed by atoms with Crippen LogP contribution in [0.3, 0.4) is 0 Å². The summed E-state index contributed by atoms with van der Waals surface area (Å²) in [6, 6.07) is 14.1. The van der Waals surface area contributed by atoms with Crippen molar-refractivity contribution < 1.29 is 0 Å². The van der Waals surface area contributed by atoms with E-state index in [1.165, 1.54) is 0 Å². The second kappa shape index (κ2) is 6.15. The van der Waals surface area contributed by atoms with Crippen LogP contribution in [0.5, 0.6) is 0 Å². The van der Waals surface area contributed by atoms with E-state index in [4.69, 9.17) is 5.26 Å².